The van der Waals surface area contributed by atoms with Gasteiger partial charge in [0.25, 0.3) is 0 Å². The maximum atomic E-state index is 12.8. The van der Waals surface area contributed by atoms with Crippen molar-refractivity contribution in [1.29, 1.82) is 0 Å². The van der Waals surface area contributed by atoms with E-state index in [1.165, 1.54) is 37.3 Å². The summed E-state index contributed by atoms with van der Waals surface area (Å²) in [4.78, 5) is 23.8. The number of allylic oxidation sites excluding steroid dienone is 1. The maximum absolute atomic E-state index is 12.8. The average Bonchev–Trinajstić information content (AvgIpc) is 3.07. The van der Waals surface area contributed by atoms with Gasteiger partial charge in [-0.2, -0.15) is 13.2 Å². The van der Waals surface area contributed by atoms with E-state index in [4.69, 9.17) is 8.83 Å². The molecule has 3 aromatic rings. The van der Waals surface area contributed by atoms with Gasteiger partial charge in [-0.3, -0.25) is 4.79 Å². The van der Waals surface area contributed by atoms with Crippen LogP contribution < -0.4 is 5.63 Å². The number of hydrogen-bond acceptors (Lipinski definition) is 5. The highest BCUT2D eigenvalue weighted by Crippen LogP contribution is 2.32. The topological polar surface area (TPSA) is 80.6 Å². The van der Waals surface area contributed by atoms with E-state index in [0.29, 0.717) is 0 Å². The minimum atomic E-state index is -4.48. The van der Waals surface area contributed by atoms with Crippen molar-refractivity contribution in [2.45, 2.75) is 13.1 Å². The van der Waals surface area contributed by atoms with Crippen LogP contribution in [0.5, 0.6) is 5.75 Å². The van der Waals surface area contributed by atoms with Crippen molar-refractivity contribution in [3.05, 3.63) is 81.6 Å². The van der Waals surface area contributed by atoms with Crippen LogP contribution in [0.15, 0.2) is 62.2 Å². The number of furan rings is 1. The highest BCUT2D eigenvalue weighted by molar-refractivity contribution is 6.08. The van der Waals surface area contributed by atoms with E-state index in [-0.39, 0.29) is 22.8 Å². The van der Waals surface area contributed by atoms with Gasteiger partial charge < -0.3 is 13.9 Å². The Bertz CT molecular complexity index is 1120. The Kier molecular flexibility index (Phi) is 4.96. The number of rotatable bonds is 4. The molecule has 2 heterocycles. The quantitative estimate of drug-likeness (QED) is 0.510. The van der Waals surface area contributed by atoms with Crippen molar-refractivity contribution in [2.24, 2.45) is 0 Å². The summed E-state index contributed by atoms with van der Waals surface area (Å²) in [5.74, 6) is -0.803. The summed E-state index contributed by atoms with van der Waals surface area (Å²) in [6.45, 7) is 1.45. The van der Waals surface area contributed by atoms with Gasteiger partial charge in [0, 0.05) is 11.6 Å². The average molecular weight is 390 g/mol. The predicted molar refractivity (Wildman–Crippen MR) is 93.9 cm³/mol. The van der Waals surface area contributed by atoms with E-state index in [9.17, 15) is 27.9 Å². The van der Waals surface area contributed by atoms with E-state index in [0.717, 1.165) is 24.3 Å². The lowest BCUT2D eigenvalue weighted by Crippen LogP contribution is -2.12. The molecule has 8 heteroatoms. The van der Waals surface area contributed by atoms with E-state index < -0.39 is 34.5 Å². The first kappa shape index (κ1) is 19.2. The van der Waals surface area contributed by atoms with Crippen molar-refractivity contribution in [1.82, 2.24) is 0 Å². The lowest BCUT2D eigenvalue weighted by molar-refractivity contribution is -0.137. The third-order valence-corrected chi connectivity index (χ3v) is 3.80. The summed E-state index contributed by atoms with van der Waals surface area (Å²) < 4.78 is 48.7. The first-order valence-corrected chi connectivity index (χ1v) is 7.99. The summed E-state index contributed by atoms with van der Waals surface area (Å²) in [5.41, 5.74) is -2.09. The number of hydrogen-bond donors (Lipinski definition) is 1. The Hall–Kier alpha value is -3.55. The highest BCUT2D eigenvalue weighted by Gasteiger charge is 2.30. The van der Waals surface area contributed by atoms with Crippen LogP contribution in [0.4, 0.5) is 13.2 Å². The van der Waals surface area contributed by atoms with E-state index in [2.05, 4.69) is 0 Å². The Morgan fingerprint density at radius 1 is 1.11 bits per heavy atom. The van der Waals surface area contributed by atoms with Gasteiger partial charge in [-0.15, -0.1) is 0 Å². The molecule has 0 aliphatic carbocycles. The molecule has 0 spiro atoms. The summed E-state index contributed by atoms with van der Waals surface area (Å²) >= 11 is 0. The number of halogens is 3. The summed E-state index contributed by atoms with van der Waals surface area (Å²) in [6.07, 6.45) is -2.25. The zero-order valence-electron chi connectivity index (χ0n) is 14.4. The van der Waals surface area contributed by atoms with Gasteiger partial charge in [-0.1, -0.05) is 12.1 Å². The molecule has 0 saturated heterocycles. The first-order valence-electron chi connectivity index (χ1n) is 7.99. The van der Waals surface area contributed by atoms with E-state index in [1.807, 2.05) is 0 Å². The number of carbonyl (C=O) groups excluding carboxylic acids is 1. The van der Waals surface area contributed by atoms with E-state index >= 15 is 0 Å². The number of ketones is 1. The number of benzene rings is 1. The first-order chi connectivity index (χ1) is 13.1. The fourth-order valence-electron chi connectivity index (χ4n) is 2.51. The maximum Gasteiger partial charge on any atom is 0.416 e. The van der Waals surface area contributed by atoms with Crippen LogP contribution in [0, 0.1) is 6.92 Å². The largest absolute Gasteiger partial charge is 0.507 e. The fraction of sp³-hybridized carbons (Fsp3) is 0.100. The number of carbonyl (C=O) groups is 1. The summed E-state index contributed by atoms with van der Waals surface area (Å²) in [7, 11) is 0. The Morgan fingerprint density at radius 3 is 2.54 bits per heavy atom. The summed E-state index contributed by atoms with van der Waals surface area (Å²) in [6, 6.07) is 8.68. The van der Waals surface area contributed by atoms with Gasteiger partial charge in [-0.05, 0) is 43.3 Å². The van der Waals surface area contributed by atoms with Gasteiger partial charge in [0.05, 0.1) is 5.56 Å². The van der Waals surface area contributed by atoms with Crippen LogP contribution >= 0.6 is 0 Å². The molecule has 3 rings (SSSR count). The van der Waals surface area contributed by atoms with E-state index in [1.54, 1.807) is 0 Å². The molecule has 144 valence electrons. The normalized spacial score (nSPS) is 11.9. The SMILES string of the molecule is Cc1cc(O)c(C(=O)/C=C/c2ccc(-c3cccc(C(F)(F)F)c3)o2)c(=O)o1. The van der Waals surface area contributed by atoms with Crippen LogP contribution in [-0.4, -0.2) is 10.9 Å². The molecular weight excluding hydrogens is 377 g/mol. The molecule has 0 saturated carbocycles. The lowest BCUT2D eigenvalue weighted by atomic mass is 10.1. The van der Waals surface area contributed by atoms with Crippen molar-refractivity contribution in [2.75, 3.05) is 0 Å². The number of aryl methyl sites for hydroxylation is 1. The lowest BCUT2D eigenvalue weighted by Gasteiger charge is -2.07. The zero-order valence-corrected chi connectivity index (χ0v) is 14.4. The predicted octanol–water partition coefficient (Wildman–Crippen LogP) is 4.83. The molecule has 2 aromatic heterocycles. The van der Waals surface area contributed by atoms with Gasteiger partial charge in [-0.25, -0.2) is 4.79 Å². The molecule has 0 atom stereocenters. The molecular formula is C20H13F3O5. The minimum absolute atomic E-state index is 0.153. The Morgan fingerprint density at radius 2 is 1.86 bits per heavy atom. The Balaban J connectivity index is 1.84. The second-order valence-electron chi connectivity index (χ2n) is 5.88. The Labute approximate surface area is 156 Å². The van der Waals surface area contributed by atoms with Gasteiger partial charge >= 0.3 is 11.8 Å². The third kappa shape index (κ3) is 4.06. The molecule has 0 aliphatic heterocycles. The molecule has 1 aromatic carbocycles. The molecule has 0 amide bonds. The number of alkyl halides is 3. The second-order valence-corrected chi connectivity index (χ2v) is 5.88. The summed E-state index contributed by atoms with van der Waals surface area (Å²) in [5, 5.41) is 9.75. The third-order valence-electron chi connectivity index (χ3n) is 3.80. The van der Waals surface area contributed by atoms with Crippen molar-refractivity contribution >= 4 is 11.9 Å². The van der Waals surface area contributed by atoms with Gasteiger partial charge in [0.1, 0.15) is 28.6 Å². The smallest absolute Gasteiger partial charge is 0.416 e. The molecule has 28 heavy (non-hydrogen) atoms. The standard InChI is InChI=1S/C20H13F3O5/c1-11-9-16(25)18(19(26)27-11)15(24)7-5-14-6-8-17(28-14)12-3-2-4-13(10-12)20(21,22)23/h2-10,25H,1H3/b7-5+. The molecule has 0 bridgehead atoms. The second kappa shape index (κ2) is 7.22. The van der Waals surface area contributed by atoms with Crippen LogP contribution in [0.25, 0.3) is 17.4 Å². The van der Waals surface area contributed by atoms with Gasteiger partial charge in [0.15, 0.2) is 5.78 Å². The minimum Gasteiger partial charge on any atom is -0.507 e. The molecule has 0 radical (unpaired) electrons. The highest BCUT2D eigenvalue weighted by atomic mass is 19.4. The van der Waals surface area contributed by atoms with Crippen molar-refractivity contribution in [3.63, 3.8) is 0 Å². The van der Waals surface area contributed by atoms with Crippen LogP contribution in [-0.2, 0) is 6.18 Å². The van der Waals surface area contributed by atoms with Crippen molar-refractivity contribution in [3.8, 4) is 17.1 Å². The van der Waals surface area contributed by atoms with Crippen molar-refractivity contribution < 1.29 is 31.9 Å². The molecule has 0 aliphatic rings. The van der Waals surface area contributed by atoms with Crippen LogP contribution in [0.3, 0.4) is 0 Å². The zero-order chi connectivity index (χ0) is 20.5. The van der Waals surface area contributed by atoms with Crippen LogP contribution in [0.1, 0.15) is 27.4 Å². The fourth-order valence-corrected chi connectivity index (χ4v) is 2.51. The molecule has 1 N–H and O–H groups in total. The molecule has 5 nitrogen and oxygen atoms in total. The number of aromatic hydroxyl groups is 1. The van der Waals surface area contributed by atoms with Crippen LogP contribution in [0.2, 0.25) is 0 Å². The monoisotopic (exact) mass is 390 g/mol. The molecule has 0 unspecified atom stereocenters. The van der Waals surface area contributed by atoms with Gasteiger partial charge in [0.2, 0.25) is 0 Å². The molecule has 0 fully saturated rings.